The molecule has 16 heavy (non-hydrogen) atoms. The maximum absolute atomic E-state index is 8.74. The van der Waals surface area contributed by atoms with Gasteiger partial charge in [0, 0.05) is 18.3 Å². The van der Waals surface area contributed by atoms with E-state index >= 15 is 0 Å². The molecule has 1 aromatic heterocycles. The van der Waals surface area contributed by atoms with Crippen molar-refractivity contribution in [2.45, 2.75) is 45.2 Å². The lowest BCUT2D eigenvalue weighted by molar-refractivity contribution is 0.621. The van der Waals surface area contributed by atoms with Gasteiger partial charge in [-0.05, 0) is 38.3 Å². The first kappa shape index (κ1) is 10.9. The minimum atomic E-state index is 0.561. The second kappa shape index (κ2) is 4.52. The summed E-state index contributed by atoms with van der Waals surface area (Å²) in [6.07, 6.45) is 5.30. The van der Waals surface area contributed by atoms with Crippen LogP contribution in [0, 0.1) is 11.3 Å². The summed E-state index contributed by atoms with van der Waals surface area (Å²) in [5.74, 6) is 1.01. The Morgan fingerprint density at radius 2 is 2.31 bits per heavy atom. The molecule has 1 aliphatic rings. The minimum Gasteiger partial charge on any atom is -0.351 e. The zero-order valence-corrected chi connectivity index (χ0v) is 9.85. The van der Waals surface area contributed by atoms with Crippen LogP contribution >= 0.6 is 0 Å². The minimum absolute atomic E-state index is 0.561. The van der Waals surface area contributed by atoms with Crippen LogP contribution in [0.25, 0.3) is 0 Å². The average molecular weight is 215 g/mol. The molecule has 1 fully saturated rings. The quantitative estimate of drug-likeness (QED) is 0.761. The van der Waals surface area contributed by atoms with Crippen LogP contribution in [0.3, 0.4) is 0 Å². The van der Waals surface area contributed by atoms with Crippen molar-refractivity contribution >= 4 is 5.82 Å². The summed E-state index contributed by atoms with van der Waals surface area (Å²) in [6.45, 7) is 4.47. The Balaban J connectivity index is 2.25. The van der Waals surface area contributed by atoms with E-state index in [2.05, 4.69) is 29.8 Å². The van der Waals surface area contributed by atoms with Crippen molar-refractivity contribution in [1.29, 1.82) is 5.26 Å². The lowest BCUT2D eigenvalue weighted by Gasteiger charge is -2.29. The molecule has 2 heterocycles. The van der Waals surface area contributed by atoms with E-state index in [1.165, 1.54) is 12.8 Å². The van der Waals surface area contributed by atoms with E-state index in [1.54, 1.807) is 6.20 Å². The van der Waals surface area contributed by atoms with E-state index in [9.17, 15) is 0 Å². The fourth-order valence-corrected chi connectivity index (χ4v) is 2.49. The Hall–Kier alpha value is -1.56. The second-order valence-corrected chi connectivity index (χ2v) is 4.41. The number of nitrogens with zero attached hydrogens (tertiary/aromatic N) is 3. The first-order valence-electron chi connectivity index (χ1n) is 5.90. The third-order valence-electron chi connectivity index (χ3n) is 3.40. The molecule has 1 aliphatic heterocycles. The van der Waals surface area contributed by atoms with Crippen LogP contribution in [0.1, 0.15) is 38.7 Å². The summed E-state index contributed by atoms with van der Waals surface area (Å²) in [5, 5.41) is 8.74. The summed E-state index contributed by atoms with van der Waals surface area (Å²) < 4.78 is 0. The Morgan fingerprint density at radius 1 is 1.50 bits per heavy atom. The van der Waals surface area contributed by atoms with Gasteiger partial charge < -0.3 is 4.90 Å². The van der Waals surface area contributed by atoms with Gasteiger partial charge in [-0.2, -0.15) is 5.26 Å². The third kappa shape index (κ3) is 1.88. The molecular formula is C13H17N3. The van der Waals surface area contributed by atoms with Crippen LogP contribution in [0.15, 0.2) is 18.3 Å². The van der Waals surface area contributed by atoms with Gasteiger partial charge in [0.05, 0.1) is 5.56 Å². The second-order valence-electron chi connectivity index (χ2n) is 4.41. The Morgan fingerprint density at radius 3 is 2.88 bits per heavy atom. The van der Waals surface area contributed by atoms with Crippen molar-refractivity contribution in [3.05, 3.63) is 23.9 Å². The molecule has 0 aromatic carbocycles. The Kier molecular flexibility index (Phi) is 3.09. The number of pyridine rings is 1. The van der Waals surface area contributed by atoms with Crippen LogP contribution in [-0.4, -0.2) is 17.1 Å². The molecule has 0 aliphatic carbocycles. The van der Waals surface area contributed by atoms with Gasteiger partial charge >= 0.3 is 0 Å². The standard InChI is InChI=1S/C13H17N3/c1-3-12-6-4-10(2)16(12)13-7-5-11(8-14)9-15-13/h5,7,9-10,12H,3-4,6H2,1-2H3. The summed E-state index contributed by atoms with van der Waals surface area (Å²) in [6, 6.07) is 7.08. The maximum atomic E-state index is 8.74. The highest BCUT2D eigenvalue weighted by Crippen LogP contribution is 2.30. The summed E-state index contributed by atoms with van der Waals surface area (Å²) >= 11 is 0. The zero-order chi connectivity index (χ0) is 11.5. The zero-order valence-electron chi connectivity index (χ0n) is 9.85. The van der Waals surface area contributed by atoms with Crippen molar-refractivity contribution in [1.82, 2.24) is 4.98 Å². The molecule has 3 nitrogen and oxygen atoms in total. The predicted octanol–water partition coefficient (Wildman–Crippen LogP) is 2.72. The predicted molar refractivity (Wildman–Crippen MR) is 64.2 cm³/mol. The van der Waals surface area contributed by atoms with E-state index in [0.29, 0.717) is 17.6 Å². The van der Waals surface area contributed by atoms with Gasteiger partial charge in [0.2, 0.25) is 0 Å². The summed E-state index contributed by atoms with van der Waals surface area (Å²) in [4.78, 5) is 6.77. The van der Waals surface area contributed by atoms with E-state index in [4.69, 9.17) is 5.26 Å². The van der Waals surface area contributed by atoms with Gasteiger partial charge in [-0.3, -0.25) is 0 Å². The van der Waals surface area contributed by atoms with Crippen LogP contribution < -0.4 is 4.90 Å². The summed E-state index contributed by atoms with van der Waals surface area (Å²) in [7, 11) is 0. The highest BCUT2D eigenvalue weighted by Gasteiger charge is 2.29. The number of rotatable bonds is 2. The van der Waals surface area contributed by atoms with Crippen LogP contribution in [-0.2, 0) is 0 Å². The molecule has 0 bridgehead atoms. The van der Waals surface area contributed by atoms with Gasteiger partial charge in [0.15, 0.2) is 0 Å². The fraction of sp³-hybridized carbons (Fsp3) is 0.538. The van der Waals surface area contributed by atoms with E-state index in [-0.39, 0.29) is 0 Å². The first-order chi connectivity index (χ1) is 7.76. The Bertz CT molecular complexity index is 391. The third-order valence-corrected chi connectivity index (χ3v) is 3.40. The van der Waals surface area contributed by atoms with Gasteiger partial charge in [-0.25, -0.2) is 4.98 Å². The average Bonchev–Trinajstić information content (AvgIpc) is 2.70. The number of hydrogen-bond donors (Lipinski definition) is 0. The van der Waals surface area contributed by atoms with Gasteiger partial charge in [0.1, 0.15) is 11.9 Å². The molecular weight excluding hydrogens is 198 g/mol. The SMILES string of the molecule is CCC1CCC(C)N1c1ccc(C#N)cn1. The number of aromatic nitrogens is 1. The largest absolute Gasteiger partial charge is 0.351 e. The monoisotopic (exact) mass is 215 g/mol. The number of nitriles is 1. The Labute approximate surface area is 96.7 Å². The van der Waals surface area contributed by atoms with Crippen LogP contribution in [0.4, 0.5) is 5.82 Å². The van der Waals surface area contributed by atoms with E-state index < -0.39 is 0 Å². The van der Waals surface area contributed by atoms with Gasteiger partial charge in [-0.1, -0.05) is 6.92 Å². The number of anilines is 1. The topological polar surface area (TPSA) is 39.9 Å². The van der Waals surface area contributed by atoms with Gasteiger partial charge in [-0.15, -0.1) is 0 Å². The first-order valence-corrected chi connectivity index (χ1v) is 5.90. The molecule has 0 amide bonds. The van der Waals surface area contributed by atoms with Crippen molar-refractivity contribution < 1.29 is 0 Å². The van der Waals surface area contributed by atoms with Crippen molar-refractivity contribution in [2.75, 3.05) is 4.90 Å². The molecule has 0 radical (unpaired) electrons. The highest BCUT2D eigenvalue weighted by atomic mass is 15.2. The van der Waals surface area contributed by atoms with Crippen molar-refractivity contribution in [3.63, 3.8) is 0 Å². The smallest absolute Gasteiger partial charge is 0.129 e. The molecule has 0 N–H and O–H groups in total. The molecule has 0 spiro atoms. The maximum Gasteiger partial charge on any atom is 0.129 e. The van der Waals surface area contributed by atoms with Crippen molar-refractivity contribution in [3.8, 4) is 6.07 Å². The molecule has 1 aromatic rings. The molecule has 2 rings (SSSR count). The van der Waals surface area contributed by atoms with Crippen LogP contribution in [0.5, 0.6) is 0 Å². The molecule has 3 heteroatoms. The van der Waals surface area contributed by atoms with E-state index in [1.807, 2.05) is 12.1 Å². The fourth-order valence-electron chi connectivity index (χ4n) is 2.49. The molecule has 0 saturated carbocycles. The molecule has 2 unspecified atom stereocenters. The molecule has 1 saturated heterocycles. The lowest BCUT2D eigenvalue weighted by atomic mass is 10.1. The number of hydrogen-bond acceptors (Lipinski definition) is 3. The van der Waals surface area contributed by atoms with Crippen LogP contribution in [0.2, 0.25) is 0 Å². The van der Waals surface area contributed by atoms with E-state index in [0.717, 1.165) is 12.2 Å². The highest BCUT2D eigenvalue weighted by molar-refractivity contribution is 5.45. The molecule has 84 valence electrons. The molecule has 2 atom stereocenters. The normalized spacial score (nSPS) is 24.4. The van der Waals surface area contributed by atoms with Gasteiger partial charge in [0.25, 0.3) is 0 Å². The lowest BCUT2D eigenvalue weighted by Crippen LogP contribution is -2.34. The van der Waals surface area contributed by atoms with Crippen molar-refractivity contribution in [2.24, 2.45) is 0 Å². The summed E-state index contributed by atoms with van der Waals surface area (Å²) in [5.41, 5.74) is 0.628.